The Morgan fingerprint density at radius 3 is 2.38 bits per heavy atom. The number of hydrogen-bond acceptors (Lipinski definition) is 4. The molecule has 29 heavy (non-hydrogen) atoms. The zero-order valence-electron chi connectivity index (χ0n) is 16.4. The van der Waals surface area contributed by atoms with Crippen LogP contribution in [-0.2, 0) is 4.79 Å². The van der Waals surface area contributed by atoms with Gasteiger partial charge in [0, 0.05) is 23.2 Å². The average Bonchev–Trinajstić information content (AvgIpc) is 2.69. The minimum absolute atomic E-state index is 0.0853. The van der Waals surface area contributed by atoms with Crippen LogP contribution in [0.3, 0.4) is 0 Å². The van der Waals surface area contributed by atoms with Crippen molar-refractivity contribution in [1.82, 2.24) is 9.88 Å². The number of aromatic nitrogens is 1. The normalized spacial score (nSPS) is 15.3. The molecule has 1 saturated heterocycles. The molecule has 154 valence electrons. The van der Waals surface area contributed by atoms with Gasteiger partial charge in [-0.1, -0.05) is 23.2 Å². The number of nitrogens with one attached hydrogen (secondary N) is 2. The lowest BCUT2D eigenvalue weighted by Crippen LogP contribution is -2.41. The maximum Gasteiger partial charge on any atom is 0.258 e. The van der Waals surface area contributed by atoms with E-state index in [0.29, 0.717) is 33.2 Å². The molecule has 1 aliphatic rings. The Balaban J connectivity index is 1.70. The highest BCUT2D eigenvalue weighted by molar-refractivity contribution is 6.31. The highest BCUT2D eigenvalue weighted by Gasteiger charge is 2.27. The zero-order chi connectivity index (χ0) is 21.0. The summed E-state index contributed by atoms with van der Waals surface area (Å²) in [6, 6.07) is 8.51. The summed E-state index contributed by atoms with van der Waals surface area (Å²) in [7, 11) is 0. The van der Waals surface area contributed by atoms with Gasteiger partial charge in [0.1, 0.15) is 5.82 Å². The topological polar surface area (TPSA) is 74.3 Å². The van der Waals surface area contributed by atoms with Gasteiger partial charge in [0.15, 0.2) is 0 Å². The number of benzene rings is 1. The number of amides is 2. The molecule has 2 amide bonds. The van der Waals surface area contributed by atoms with Crippen LogP contribution in [0.1, 0.15) is 37.0 Å². The van der Waals surface area contributed by atoms with Crippen LogP contribution in [0.25, 0.3) is 0 Å². The van der Waals surface area contributed by atoms with Crippen LogP contribution >= 0.6 is 23.2 Å². The van der Waals surface area contributed by atoms with Crippen LogP contribution in [0.2, 0.25) is 10.0 Å². The molecule has 0 spiro atoms. The van der Waals surface area contributed by atoms with Gasteiger partial charge in [0.25, 0.3) is 5.91 Å². The number of pyridine rings is 1. The molecular formula is C21H24Cl2N4O2. The zero-order valence-corrected chi connectivity index (χ0v) is 17.9. The average molecular weight is 435 g/mol. The maximum absolute atomic E-state index is 12.8. The van der Waals surface area contributed by atoms with Gasteiger partial charge in [-0.25, -0.2) is 4.98 Å². The number of rotatable bonds is 5. The molecule has 0 aliphatic carbocycles. The molecule has 0 atom stereocenters. The summed E-state index contributed by atoms with van der Waals surface area (Å²) >= 11 is 11.9. The Labute approximate surface area is 180 Å². The van der Waals surface area contributed by atoms with Gasteiger partial charge in [0.05, 0.1) is 16.3 Å². The Kier molecular flexibility index (Phi) is 7.11. The summed E-state index contributed by atoms with van der Waals surface area (Å²) in [5.41, 5.74) is 0.708. The van der Waals surface area contributed by atoms with Gasteiger partial charge in [0.2, 0.25) is 5.91 Å². The predicted octanol–water partition coefficient (Wildman–Crippen LogP) is 4.70. The Hall–Kier alpha value is -2.15. The number of hydrogen-bond donors (Lipinski definition) is 2. The fourth-order valence-electron chi connectivity index (χ4n) is 3.36. The van der Waals surface area contributed by atoms with Crippen molar-refractivity contribution in [3.8, 4) is 0 Å². The van der Waals surface area contributed by atoms with Crippen molar-refractivity contribution < 1.29 is 9.59 Å². The third-order valence-corrected chi connectivity index (χ3v) is 5.54. The van der Waals surface area contributed by atoms with E-state index in [9.17, 15) is 9.59 Å². The summed E-state index contributed by atoms with van der Waals surface area (Å²) in [6.07, 6.45) is 3.03. The van der Waals surface area contributed by atoms with E-state index in [0.717, 1.165) is 25.9 Å². The highest BCUT2D eigenvalue weighted by atomic mass is 35.5. The van der Waals surface area contributed by atoms with Crippen LogP contribution < -0.4 is 10.6 Å². The first-order valence-corrected chi connectivity index (χ1v) is 10.4. The van der Waals surface area contributed by atoms with Crippen LogP contribution in [0.5, 0.6) is 0 Å². The predicted molar refractivity (Wildman–Crippen MR) is 117 cm³/mol. The van der Waals surface area contributed by atoms with E-state index in [2.05, 4.69) is 34.4 Å². The van der Waals surface area contributed by atoms with E-state index in [4.69, 9.17) is 23.2 Å². The molecule has 2 aromatic rings. The second-order valence-corrected chi connectivity index (χ2v) is 8.27. The number of likely N-dealkylation sites (tertiary alicyclic amines) is 1. The van der Waals surface area contributed by atoms with Gasteiger partial charge < -0.3 is 15.5 Å². The van der Waals surface area contributed by atoms with Gasteiger partial charge in [-0.3, -0.25) is 9.59 Å². The molecule has 1 fully saturated rings. The van der Waals surface area contributed by atoms with Gasteiger partial charge >= 0.3 is 0 Å². The molecule has 2 heterocycles. The molecule has 0 unspecified atom stereocenters. The minimum atomic E-state index is -0.388. The number of piperidine rings is 1. The second kappa shape index (κ2) is 9.57. The van der Waals surface area contributed by atoms with Gasteiger partial charge in [-0.15, -0.1) is 0 Å². The van der Waals surface area contributed by atoms with Crippen molar-refractivity contribution in [2.45, 2.75) is 32.7 Å². The van der Waals surface area contributed by atoms with Gasteiger partial charge in [-0.2, -0.15) is 0 Å². The molecule has 1 aliphatic heterocycles. The first kappa shape index (κ1) is 21.6. The highest BCUT2D eigenvalue weighted by Crippen LogP contribution is 2.25. The maximum atomic E-state index is 12.8. The van der Waals surface area contributed by atoms with Gasteiger partial charge in [-0.05, 0) is 70.1 Å². The first-order valence-electron chi connectivity index (χ1n) is 9.61. The summed E-state index contributed by atoms with van der Waals surface area (Å²) in [5, 5.41) is 6.52. The molecular weight excluding hydrogens is 411 g/mol. The summed E-state index contributed by atoms with van der Waals surface area (Å²) in [5.74, 6) is -0.193. The monoisotopic (exact) mass is 434 g/mol. The second-order valence-electron chi connectivity index (χ2n) is 7.40. The third kappa shape index (κ3) is 5.69. The lowest BCUT2D eigenvalue weighted by molar-refractivity contribution is -0.121. The lowest BCUT2D eigenvalue weighted by atomic mass is 9.95. The molecule has 1 aromatic carbocycles. The van der Waals surface area contributed by atoms with E-state index >= 15 is 0 Å². The van der Waals surface area contributed by atoms with Crippen LogP contribution in [0.15, 0.2) is 36.5 Å². The van der Waals surface area contributed by atoms with E-state index in [1.807, 2.05) is 0 Å². The largest absolute Gasteiger partial charge is 0.325 e. The molecule has 0 radical (unpaired) electrons. The molecule has 3 rings (SSSR count). The molecule has 0 saturated carbocycles. The lowest BCUT2D eigenvalue weighted by Gasteiger charge is -2.34. The van der Waals surface area contributed by atoms with Crippen molar-refractivity contribution in [2.24, 2.45) is 5.92 Å². The summed E-state index contributed by atoms with van der Waals surface area (Å²) in [4.78, 5) is 31.9. The summed E-state index contributed by atoms with van der Waals surface area (Å²) in [6.45, 7) is 6.10. The number of halogens is 2. The van der Waals surface area contributed by atoms with Crippen molar-refractivity contribution in [1.29, 1.82) is 0 Å². The van der Waals surface area contributed by atoms with Crippen LogP contribution in [0.4, 0.5) is 11.5 Å². The number of carbonyl (C=O) groups is 2. The van der Waals surface area contributed by atoms with Crippen molar-refractivity contribution in [3.05, 3.63) is 52.1 Å². The van der Waals surface area contributed by atoms with Crippen molar-refractivity contribution in [2.75, 3.05) is 23.7 Å². The Bertz CT molecular complexity index is 879. The standard InChI is InChI=1S/C21H24Cl2N4O2/c1-13(2)27-9-7-14(8-10-27)20(28)25-18-11-15(22)3-5-17(18)21(29)26-19-6-4-16(23)12-24-19/h3-6,11-14H,7-10H2,1-2H3,(H,25,28)(H,24,26,29). The van der Waals surface area contributed by atoms with E-state index in [-0.39, 0.29) is 17.7 Å². The smallest absolute Gasteiger partial charge is 0.258 e. The van der Waals surface area contributed by atoms with E-state index in [1.54, 1.807) is 30.3 Å². The van der Waals surface area contributed by atoms with E-state index in [1.165, 1.54) is 6.20 Å². The van der Waals surface area contributed by atoms with Crippen LogP contribution in [0, 0.1) is 5.92 Å². The third-order valence-electron chi connectivity index (χ3n) is 5.08. The minimum Gasteiger partial charge on any atom is -0.325 e. The number of nitrogens with zero attached hydrogens (tertiary/aromatic N) is 2. The fourth-order valence-corrected chi connectivity index (χ4v) is 3.65. The Morgan fingerprint density at radius 1 is 1.07 bits per heavy atom. The molecule has 0 bridgehead atoms. The van der Waals surface area contributed by atoms with Crippen LogP contribution in [-0.4, -0.2) is 40.8 Å². The number of anilines is 2. The number of carbonyl (C=O) groups excluding carboxylic acids is 2. The summed E-state index contributed by atoms with van der Waals surface area (Å²) < 4.78 is 0. The fraction of sp³-hybridized carbons (Fsp3) is 0.381. The van der Waals surface area contributed by atoms with E-state index < -0.39 is 0 Å². The molecule has 8 heteroatoms. The molecule has 2 N–H and O–H groups in total. The SMILES string of the molecule is CC(C)N1CCC(C(=O)Nc2cc(Cl)ccc2C(=O)Nc2ccc(Cl)cn2)CC1. The van der Waals surface area contributed by atoms with Crippen molar-refractivity contribution in [3.63, 3.8) is 0 Å². The molecule has 6 nitrogen and oxygen atoms in total. The van der Waals surface area contributed by atoms with Crippen molar-refractivity contribution >= 4 is 46.5 Å². The quantitative estimate of drug-likeness (QED) is 0.714. The Morgan fingerprint density at radius 2 is 1.76 bits per heavy atom. The molecule has 1 aromatic heterocycles. The first-order chi connectivity index (χ1) is 13.8.